The van der Waals surface area contributed by atoms with E-state index in [1.54, 1.807) is 25.1 Å². The van der Waals surface area contributed by atoms with Crippen molar-refractivity contribution in [2.45, 2.75) is 25.4 Å². The number of ketones is 1. The third-order valence-corrected chi connectivity index (χ3v) is 4.06. The molecule has 2 rings (SSSR count). The highest BCUT2D eigenvalue weighted by atomic mass is 35.5. The number of aryl methyl sites for hydroxylation is 1. The summed E-state index contributed by atoms with van der Waals surface area (Å²) in [4.78, 5) is 12.3. The van der Waals surface area contributed by atoms with Crippen molar-refractivity contribution in [3.63, 3.8) is 0 Å². The van der Waals surface area contributed by atoms with Gasteiger partial charge in [-0.15, -0.1) is 0 Å². The summed E-state index contributed by atoms with van der Waals surface area (Å²) in [5, 5.41) is 0.603. The van der Waals surface area contributed by atoms with Crippen molar-refractivity contribution in [3.8, 4) is 0 Å². The second kappa shape index (κ2) is 5.09. The van der Waals surface area contributed by atoms with Crippen LogP contribution in [0.3, 0.4) is 0 Å². The van der Waals surface area contributed by atoms with Crippen LogP contribution in [0, 0.1) is 0 Å². The molecule has 1 aromatic carbocycles. The molecule has 0 fully saturated rings. The number of carbonyl (C=O) groups excluding carboxylic acids is 1. The maximum Gasteiger partial charge on any atom is 0.305 e. The van der Waals surface area contributed by atoms with Crippen LogP contribution < -0.4 is 0 Å². The van der Waals surface area contributed by atoms with Crippen LogP contribution in [0.4, 0.5) is 0 Å². The molecule has 0 N–H and O–H groups in total. The minimum absolute atomic E-state index is 0.189. The van der Waals surface area contributed by atoms with E-state index in [1.807, 2.05) is 0 Å². The third kappa shape index (κ3) is 2.49. The predicted octanol–water partition coefficient (Wildman–Crippen LogP) is 2.47. The first kappa shape index (κ1) is 13.7. The Morgan fingerprint density at radius 1 is 1.44 bits per heavy atom. The summed E-state index contributed by atoms with van der Waals surface area (Å²) in [6.45, 7) is 1.63. The van der Waals surface area contributed by atoms with E-state index in [1.165, 1.54) is 7.11 Å². The Morgan fingerprint density at radius 3 is 2.83 bits per heavy atom. The van der Waals surface area contributed by atoms with Gasteiger partial charge in [-0.3, -0.25) is 13.2 Å². The molecule has 1 aliphatic carbocycles. The number of Topliss-reactive ketones (excluding diaryl/α,β-unsaturated/α-hetero) is 1. The van der Waals surface area contributed by atoms with E-state index in [0.717, 1.165) is 5.56 Å². The van der Waals surface area contributed by atoms with Gasteiger partial charge in [0.25, 0.3) is 0 Å². The molecule has 0 aliphatic heterocycles. The van der Waals surface area contributed by atoms with Crippen LogP contribution in [0.5, 0.6) is 0 Å². The minimum atomic E-state index is -1.91. The number of rotatable bonds is 3. The number of hydrogen-bond acceptors (Lipinski definition) is 4. The highest BCUT2D eigenvalue weighted by Crippen LogP contribution is 2.33. The van der Waals surface area contributed by atoms with Gasteiger partial charge in [0, 0.05) is 10.6 Å². The molecular formula is C12H13ClO4S. The van der Waals surface area contributed by atoms with Gasteiger partial charge in [-0.1, -0.05) is 11.6 Å². The van der Waals surface area contributed by atoms with Gasteiger partial charge in [0.15, 0.2) is 5.78 Å². The minimum Gasteiger partial charge on any atom is -0.291 e. The summed E-state index contributed by atoms with van der Waals surface area (Å²) in [5.74, 6) is -0.189. The second-order valence-electron chi connectivity index (χ2n) is 4.32. The van der Waals surface area contributed by atoms with Crippen molar-refractivity contribution < 1.29 is 17.4 Å². The second-order valence-corrected chi connectivity index (χ2v) is 5.66. The third-order valence-electron chi connectivity index (χ3n) is 3.05. The van der Waals surface area contributed by atoms with E-state index in [-0.39, 0.29) is 5.78 Å². The molecule has 6 heteroatoms. The topological polar surface area (TPSA) is 52.6 Å². The predicted molar refractivity (Wildman–Crippen MR) is 68.7 cm³/mol. The molecule has 0 saturated heterocycles. The molecule has 0 bridgehead atoms. The van der Waals surface area contributed by atoms with Crippen LogP contribution >= 0.6 is 11.6 Å². The smallest absolute Gasteiger partial charge is 0.291 e. The van der Waals surface area contributed by atoms with E-state index in [2.05, 4.69) is 4.18 Å². The van der Waals surface area contributed by atoms with Crippen LogP contribution in [-0.4, -0.2) is 22.7 Å². The Labute approximate surface area is 113 Å². The van der Waals surface area contributed by atoms with Crippen LogP contribution in [0.15, 0.2) is 18.2 Å². The number of fused-ring (bicyclic) bond motifs is 1. The Balaban J connectivity index is 2.33. The van der Waals surface area contributed by atoms with Crippen molar-refractivity contribution in [1.82, 2.24) is 0 Å². The summed E-state index contributed by atoms with van der Waals surface area (Å²) < 4.78 is 21.0. The number of carbonyl (C=O) groups is 1. The fraction of sp³-hybridized carbons (Fsp3) is 0.417. The highest BCUT2D eigenvalue weighted by molar-refractivity contribution is 7.75. The Bertz CT molecular complexity index is 517. The number of halogens is 1. The van der Waals surface area contributed by atoms with Gasteiger partial charge in [0.05, 0.1) is 7.11 Å². The first-order valence-corrected chi connectivity index (χ1v) is 6.83. The SMILES string of the molecule is COS(=O)OC1(C)CCc2cc(Cl)ccc2C1=O. The molecule has 0 saturated carbocycles. The molecule has 4 nitrogen and oxygen atoms in total. The molecule has 1 aromatic rings. The zero-order valence-electron chi connectivity index (χ0n) is 10.1. The largest absolute Gasteiger partial charge is 0.305 e. The maximum atomic E-state index is 12.3. The monoisotopic (exact) mass is 288 g/mol. The van der Waals surface area contributed by atoms with Gasteiger partial charge in [-0.2, -0.15) is 4.21 Å². The van der Waals surface area contributed by atoms with Crippen molar-refractivity contribution in [2.75, 3.05) is 7.11 Å². The zero-order chi connectivity index (χ0) is 13.3. The lowest BCUT2D eigenvalue weighted by atomic mass is 9.80. The van der Waals surface area contributed by atoms with Crippen molar-refractivity contribution in [3.05, 3.63) is 34.3 Å². The Morgan fingerprint density at radius 2 is 2.17 bits per heavy atom. The molecule has 1 aliphatic rings. The van der Waals surface area contributed by atoms with E-state index >= 15 is 0 Å². The molecule has 0 aromatic heterocycles. The van der Waals surface area contributed by atoms with Crippen molar-refractivity contribution in [2.24, 2.45) is 0 Å². The fourth-order valence-corrected chi connectivity index (χ4v) is 2.75. The van der Waals surface area contributed by atoms with Crippen LogP contribution in [0.1, 0.15) is 29.3 Å². The quantitative estimate of drug-likeness (QED) is 0.857. The summed E-state index contributed by atoms with van der Waals surface area (Å²) in [7, 11) is 1.26. The molecule has 0 spiro atoms. The average molecular weight is 289 g/mol. The molecule has 2 unspecified atom stereocenters. The van der Waals surface area contributed by atoms with E-state index in [9.17, 15) is 9.00 Å². The summed E-state index contributed by atoms with van der Waals surface area (Å²) in [6, 6.07) is 5.12. The molecule has 0 heterocycles. The fourth-order valence-electron chi connectivity index (χ4n) is 2.03. The van der Waals surface area contributed by atoms with E-state index in [0.29, 0.717) is 23.4 Å². The lowest BCUT2D eigenvalue weighted by molar-refractivity contribution is 0.0467. The van der Waals surface area contributed by atoms with Gasteiger partial charge < -0.3 is 0 Å². The molecule has 0 radical (unpaired) electrons. The maximum absolute atomic E-state index is 12.3. The van der Waals surface area contributed by atoms with Gasteiger partial charge in [-0.05, 0) is 43.5 Å². The first-order valence-electron chi connectivity index (χ1n) is 5.45. The first-order chi connectivity index (χ1) is 8.46. The highest BCUT2D eigenvalue weighted by Gasteiger charge is 2.41. The normalized spacial score (nSPS) is 24.7. The van der Waals surface area contributed by atoms with Gasteiger partial charge in [-0.25, -0.2) is 0 Å². The lowest BCUT2D eigenvalue weighted by Gasteiger charge is -2.31. The molecule has 0 amide bonds. The molecule has 18 heavy (non-hydrogen) atoms. The van der Waals surface area contributed by atoms with Crippen LogP contribution in [-0.2, 0) is 26.1 Å². The van der Waals surface area contributed by atoms with Gasteiger partial charge in [0.2, 0.25) is 0 Å². The van der Waals surface area contributed by atoms with Gasteiger partial charge in [0.1, 0.15) is 5.60 Å². The van der Waals surface area contributed by atoms with Crippen molar-refractivity contribution >= 4 is 28.7 Å². The van der Waals surface area contributed by atoms with Crippen LogP contribution in [0.2, 0.25) is 5.02 Å². The Hall–Kier alpha value is -0.750. The van der Waals surface area contributed by atoms with E-state index < -0.39 is 17.0 Å². The van der Waals surface area contributed by atoms with E-state index in [4.69, 9.17) is 15.8 Å². The van der Waals surface area contributed by atoms with Crippen LogP contribution in [0.25, 0.3) is 0 Å². The average Bonchev–Trinajstić information content (AvgIpc) is 2.34. The Kier molecular flexibility index (Phi) is 3.87. The van der Waals surface area contributed by atoms with Gasteiger partial charge >= 0.3 is 11.4 Å². The molecule has 98 valence electrons. The summed E-state index contributed by atoms with van der Waals surface area (Å²) in [6.07, 6.45) is 1.10. The summed E-state index contributed by atoms with van der Waals surface area (Å²) >= 11 is 3.98. The number of hydrogen-bond donors (Lipinski definition) is 0. The molecular weight excluding hydrogens is 276 g/mol. The number of benzene rings is 1. The standard InChI is InChI=1S/C12H13ClO4S/c1-12(17-18(15)16-2)6-5-8-7-9(13)3-4-10(8)11(12)14/h3-4,7H,5-6H2,1-2H3. The van der Waals surface area contributed by atoms with Crippen molar-refractivity contribution in [1.29, 1.82) is 0 Å². The zero-order valence-corrected chi connectivity index (χ0v) is 11.6. The molecule has 2 atom stereocenters. The lowest BCUT2D eigenvalue weighted by Crippen LogP contribution is -2.43. The summed E-state index contributed by atoms with van der Waals surface area (Å²) in [5.41, 5.74) is 0.361.